The van der Waals surface area contributed by atoms with Crippen molar-refractivity contribution in [2.24, 2.45) is 0 Å². The summed E-state index contributed by atoms with van der Waals surface area (Å²) in [6, 6.07) is 4.04. The van der Waals surface area contributed by atoms with Gasteiger partial charge in [0.15, 0.2) is 0 Å². The Morgan fingerprint density at radius 3 is 2.46 bits per heavy atom. The summed E-state index contributed by atoms with van der Waals surface area (Å²) in [7, 11) is -1.70. The summed E-state index contributed by atoms with van der Waals surface area (Å²) in [5.74, 6) is -0.510. The van der Waals surface area contributed by atoms with Crippen molar-refractivity contribution < 1.29 is 24.0 Å². The van der Waals surface area contributed by atoms with Gasteiger partial charge in [0, 0.05) is 24.8 Å². The minimum absolute atomic E-state index is 0.00700. The highest BCUT2D eigenvalue weighted by atomic mass is 19.1. The molecule has 1 aromatic carbocycles. The minimum Gasteiger partial charge on any atom is -0.444 e. The fourth-order valence-electron chi connectivity index (χ4n) is 2.68. The van der Waals surface area contributed by atoms with Crippen molar-refractivity contribution >= 4 is 24.4 Å². The molecule has 1 amide bonds. The molecule has 1 aliphatic heterocycles. The lowest BCUT2D eigenvalue weighted by Gasteiger charge is -2.34. The van der Waals surface area contributed by atoms with Crippen molar-refractivity contribution in [1.29, 1.82) is 0 Å². The van der Waals surface area contributed by atoms with Crippen LogP contribution in [0, 0.1) is 5.82 Å². The maximum absolute atomic E-state index is 13.6. The van der Waals surface area contributed by atoms with Gasteiger partial charge in [-0.15, -0.1) is 0 Å². The quantitative estimate of drug-likeness (QED) is 0.717. The van der Waals surface area contributed by atoms with Gasteiger partial charge >= 0.3 is 13.2 Å². The second-order valence-corrected chi connectivity index (χ2v) is 7.02. The Labute approximate surface area is 141 Å². The second kappa shape index (κ2) is 7.40. The van der Waals surface area contributed by atoms with Crippen LogP contribution in [0.25, 0.3) is 0 Å². The maximum Gasteiger partial charge on any atom is 0.488 e. The van der Waals surface area contributed by atoms with Crippen LogP contribution < -0.4 is 15.7 Å². The van der Waals surface area contributed by atoms with Crippen molar-refractivity contribution in [2.75, 3.05) is 18.0 Å². The summed E-state index contributed by atoms with van der Waals surface area (Å²) >= 11 is 0. The van der Waals surface area contributed by atoms with E-state index in [1.807, 2.05) is 25.7 Å². The van der Waals surface area contributed by atoms with Crippen molar-refractivity contribution in [3.8, 4) is 0 Å². The van der Waals surface area contributed by atoms with E-state index in [0.717, 1.165) is 6.07 Å². The van der Waals surface area contributed by atoms with E-state index in [9.17, 15) is 19.2 Å². The molecule has 1 heterocycles. The van der Waals surface area contributed by atoms with Crippen LogP contribution in [0.5, 0.6) is 0 Å². The monoisotopic (exact) mass is 338 g/mol. The van der Waals surface area contributed by atoms with E-state index in [4.69, 9.17) is 4.74 Å². The van der Waals surface area contributed by atoms with Crippen molar-refractivity contribution in [3.05, 3.63) is 24.0 Å². The van der Waals surface area contributed by atoms with Crippen LogP contribution in [-0.2, 0) is 4.74 Å². The molecule has 132 valence electrons. The van der Waals surface area contributed by atoms with Gasteiger partial charge < -0.3 is 25.0 Å². The summed E-state index contributed by atoms with van der Waals surface area (Å²) in [4.78, 5) is 13.8. The van der Waals surface area contributed by atoms with Gasteiger partial charge in [-0.1, -0.05) is 0 Å². The highest BCUT2D eigenvalue weighted by Crippen LogP contribution is 2.20. The van der Waals surface area contributed by atoms with Crippen LogP contribution in [0.3, 0.4) is 0 Å². The Bertz CT molecular complexity index is 584. The predicted molar refractivity (Wildman–Crippen MR) is 90.8 cm³/mol. The van der Waals surface area contributed by atoms with E-state index in [0.29, 0.717) is 31.6 Å². The van der Waals surface area contributed by atoms with E-state index in [1.54, 1.807) is 6.07 Å². The Kier molecular flexibility index (Phi) is 5.72. The number of carbonyl (C=O) groups is 1. The fraction of sp³-hybridized carbons (Fsp3) is 0.562. The molecule has 3 N–H and O–H groups in total. The first-order valence-electron chi connectivity index (χ1n) is 8.05. The van der Waals surface area contributed by atoms with Gasteiger partial charge in [0.25, 0.3) is 0 Å². The number of hydrogen-bond donors (Lipinski definition) is 3. The Morgan fingerprint density at radius 1 is 1.29 bits per heavy atom. The van der Waals surface area contributed by atoms with Crippen molar-refractivity contribution in [2.45, 2.75) is 45.3 Å². The molecular formula is C16H24BFN2O4. The number of carbonyl (C=O) groups excluding carboxylic acids is 1. The molecule has 1 aromatic rings. The summed E-state index contributed by atoms with van der Waals surface area (Å²) in [5.41, 5.74) is 0.196. The van der Waals surface area contributed by atoms with E-state index in [-0.39, 0.29) is 11.5 Å². The van der Waals surface area contributed by atoms with E-state index in [1.165, 1.54) is 6.07 Å². The molecule has 1 saturated heterocycles. The lowest BCUT2D eigenvalue weighted by atomic mass is 9.80. The van der Waals surface area contributed by atoms with E-state index >= 15 is 0 Å². The Morgan fingerprint density at radius 2 is 1.92 bits per heavy atom. The molecule has 0 spiro atoms. The number of rotatable bonds is 3. The molecule has 0 unspecified atom stereocenters. The standard InChI is InChI=1S/C16H24BFN2O4/c1-16(2,3)24-15(21)19-13-4-6-20(7-5-13)14-9-11(17(22)23)8-12(18)10-14/h8-10,13,22-23H,4-7H2,1-3H3,(H,19,21). The minimum atomic E-state index is -1.70. The van der Waals surface area contributed by atoms with Gasteiger partial charge in [0.05, 0.1) is 0 Å². The lowest BCUT2D eigenvalue weighted by molar-refractivity contribution is 0.0497. The summed E-state index contributed by atoms with van der Waals surface area (Å²) in [6.45, 7) is 6.70. The third-order valence-electron chi connectivity index (χ3n) is 3.78. The molecule has 0 atom stereocenters. The van der Waals surface area contributed by atoms with Crippen LogP contribution in [-0.4, -0.2) is 48.0 Å². The van der Waals surface area contributed by atoms with E-state index in [2.05, 4.69) is 5.32 Å². The molecule has 0 aliphatic carbocycles. The van der Waals surface area contributed by atoms with Crippen molar-refractivity contribution in [1.82, 2.24) is 5.32 Å². The molecular weight excluding hydrogens is 314 g/mol. The Hall–Kier alpha value is -1.80. The molecule has 1 fully saturated rings. The Balaban J connectivity index is 1.92. The number of halogens is 1. The number of anilines is 1. The van der Waals surface area contributed by atoms with Crippen LogP contribution in [0.2, 0.25) is 0 Å². The number of piperidine rings is 1. The molecule has 0 radical (unpaired) electrons. The van der Waals surface area contributed by atoms with Gasteiger partial charge in [0.1, 0.15) is 11.4 Å². The maximum atomic E-state index is 13.6. The molecule has 1 aliphatic rings. The third kappa shape index (κ3) is 5.38. The van der Waals surface area contributed by atoms with Gasteiger partial charge in [-0.3, -0.25) is 0 Å². The van der Waals surface area contributed by atoms with E-state index < -0.39 is 24.6 Å². The average molecular weight is 338 g/mol. The summed E-state index contributed by atoms with van der Waals surface area (Å²) in [6.07, 6.45) is 0.969. The number of hydrogen-bond acceptors (Lipinski definition) is 5. The topological polar surface area (TPSA) is 82.0 Å². The number of alkyl carbamates (subject to hydrolysis) is 1. The number of ether oxygens (including phenoxy) is 1. The van der Waals surface area contributed by atoms with Gasteiger partial charge in [-0.2, -0.15) is 0 Å². The highest BCUT2D eigenvalue weighted by molar-refractivity contribution is 6.58. The van der Waals surface area contributed by atoms with Crippen LogP contribution in [0.15, 0.2) is 18.2 Å². The molecule has 8 heteroatoms. The largest absolute Gasteiger partial charge is 0.488 e. The number of benzene rings is 1. The lowest BCUT2D eigenvalue weighted by Crippen LogP contribution is -2.46. The SMILES string of the molecule is CC(C)(C)OC(=O)NC1CCN(c2cc(F)cc(B(O)O)c2)CC1. The predicted octanol–water partition coefficient (Wildman–Crippen LogP) is 0.999. The summed E-state index contributed by atoms with van der Waals surface area (Å²) in [5, 5.41) is 21.3. The zero-order valence-corrected chi connectivity index (χ0v) is 14.3. The first-order chi connectivity index (χ1) is 11.1. The zero-order chi connectivity index (χ0) is 17.9. The first kappa shape index (κ1) is 18.5. The van der Waals surface area contributed by atoms with Crippen molar-refractivity contribution in [3.63, 3.8) is 0 Å². The van der Waals surface area contributed by atoms with Gasteiger partial charge in [-0.25, -0.2) is 9.18 Å². The van der Waals surface area contributed by atoms with Gasteiger partial charge in [0.2, 0.25) is 0 Å². The average Bonchev–Trinajstić information content (AvgIpc) is 2.45. The zero-order valence-electron chi connectivity index (χ0n) is 14.3. The number of amides is 1. The van der Waals surface area contributed by atoms with Gasteiger partial charge in [-0.05, 0) is 57.3 Å². The number of nitrogens with one attached hydrogen (secondary N) is 1. The highest BCUT2D eigenvalue weighted by Gasteiger charge is 2.24. The third-order valence-corrected chi connectivity index (χ3v) is 3.78. The number of nitrogens with zero attached hydrogens (tertiary/aromatic N) is 1. The molecule has 24 heavy (non-hydrogen) atoms. The second-order valence-electron chi connectivity index (χ2n) is 7.02. The molecule has 0 saturated carbocycles. The molecule has 0 bridgehead atoms. The normalized spacial score (nSPS) is 16.0. The van der Waals surface area contributed by atoms with Crippen LogP contribution in [0.4, 0.5) is 14.9 Å². The van der Waals surface area contributed by atoms with Crippen LogP contribution in [0.1, 0.15) is 33.6 Å². The fourth-order valence-corrected chi connectivity index (χ4v) is 2.68. The smallest absolute Gasteiger partial charge is 0.444 e. The molecule has 0 aromatic heterocycles. The molecule has 6 nitrogen and oxygen atoms in total. The summed E-state index contributed by atoms with van der Waals surface area (Å²) < 4.78 is 18.9. The molecule has 2 rings (SSSR count). The van der Waals surface area contributed by atoms with Crippen LogP contribution >= 0.6 is 0 Å². The first-order valence-corrected chi connectivity index (χ1v) is 8.05.